The van der Waals surface area contributed by atoms with Gasteiger partial charge in [-0.2, -0.15) is 26.3 Å². The van der Waals surface area contributed by atoms with Crippen LogP contribution in [-0.4, -0.2) is 63.8 Å². The van der Waals surface area contributed by atoms with Crippen LogP contribution in [0, 0.1) is 0 Å². The topological polar surface area (TPSA) is 49.3 Å². The van der Waals surface area contributed by atoms with Crippen LogP contribution < -0.4 is 0 Å². The molecule has 2 atom stereocenters. The van der Waals surface area contributed by atoms with E-state index in [9.17, 15) is 26.3 Å². The van der Waals surface area contributed by atoms with E-state index in [2.05, 4.69) is 0 Å². The first-order chi connectivity index (χ1) is 31.7. The second-order valence-electron chi connectivity index (χ2n) is 16.8. The summed E-state index contributed by atoms with van der Waals surface area (Å²) in [5.41, 5.74) is 2.33. The number of alkyl halides is 6. The van der Waals surface area contributed by atoms with Gasteiger partial charge in [-0.1, -0.05) is 96.0 Å². The molecule has 0 N–H and O–H groups in total. The summed E-state index contributed by atoms with van der Waals surface area (Å²) >= 11 is 16.4. The third-order valence-electron chi connectivity index (χ3n) is 12.4. The van der Waals surface area contributed by atoms with Crippen molar-refractivity contribution in [2.75, 3.05) is 26.2 Å². The highest BCUT2D eigenvalue weighted by molar-refractivity contribution is 7.10. The SMILES string of the molecule is O=C(C(Cc1cc(C(F)(F)F)ccc1Cl)N1CCC(c2nc(C=Cc3ccccc3)cs2)CC1)C(Cc1cc(C(F)(F)F)ccc1Cl)N1CCC(c2nc(C=Cc3ccccc3)cs2)CC1. The van der Waals surface area contributed by atoms with E-state index in [4.69, 9.17) is 33.2 Å². The monoisotopic (exact) mass is 978 g/mol. The van der Waals surface area contributed by atoms with Gasteiger partial charge in [0.05, 0.1) is 44.6 Å². The molecule has 0 amide bonds. The maximum atomic E-state index is 15.5. The molecule has 5 nitrogen and oxygen atoms in total. The van der Waals surface area contributed by atoms with Crippen LogP contribution in [0.2, 0.25) is 10.0 Å². The smallest absolute Gasteiger partial charge is 0.296 e. The van der Waals surface area contributed by atoms with Crippen LogP contribution >= 0.6 is 45.9 Å². The number of aromatic nitrogens is 2. The van der Waals surface area contributed by atoms with Crippen molar-refractivity contribution in [2.24, 2.45) is 0 Å². The third-order valence-corrected chi connectivity index (χ3v) is 15.2. The number of ketones is 1. The quantitative estimate of drug-likeness (QED) is 0.102. The van der Waals surface area contributed by atoms with Gasteiger partial charge < -0.3 is 0 Å². The Morgan fingerprint density at radius 3 is 1.33 bits per heavy atom. The molecular weight excluding hydrogens is 934 g/mol. The summed E-state index contributed by atoms with van der Waals surface area (Å²) in [6.07, 6.45) is 0.954. The summed E-state index contributed by atoms with van der Waals surface area (Å²) < 4.78 is 84.5. The molecule has 344 valence electrons. The van der Waals surface area contributed by atoms with E-state index in [1.165, 1.54) is 12.1 Å². The van der Waals surface area contributed by atoms with E-state index in [1.807, 2.05) is 106 Å². The molecule has 8 rings (SSSR count). The lowest BCUT2D eigenvalue weighted by molar-refractivity contribution is -0.138. The number of hydrogen-bond acceptors (Lipinski definition) is 7. The number of thiazole rings is 2. The summed E-state index contributed by atoms with van der Waals surface area (Å²) in [5, 5.41) is 6.12. The van der Waals surface area contributed by atoms with Gasteiger partial charge in [-0.3, -0.25) is 14.6 Å². The molecule has 2 fully saturated rings. The standard InChI is InChI=1S/C51H46Cl2F6N4OS2/c52-43-17-13-39(50(54,55)56)27-37(43)29-45(62-23-19-35(20-24-62)48-60-41(31-65-48)15-11-33-7-3-1-4-8-33)47(64)46(30-38-28-40(51(57,58)59)14-18-44(38)53)63-25-21-36(22-26-63)49-61-42(32-66-49)16-12-34-9-5-2-6-10-34/h1-18,27-28,31-32,35-36,45-46H,19-26,29-30H2. The van der Waals surface area contributed by atoms with Crippen molar-refractivity contribution in [1.29, 1.82) is 0 Å². The minimum absolute atomic E-state index is 0.0919. The van der Waals surface area contributed by atoms with Crippen molar-refractivity contribution >= 4 is 76.0 Å². The van der Waals surface area contributed by atoms with E-state index >= 15 is 4.79 Å². The average molecular weight is 980 g/mol. The summed E-state index contributed by atoms with van der Waals surface area (Å²) in [6.45, 7) is 1.76. The molecule has 15 heteroatoms. The van der Waals surface area contributed by atoms with Gasteiger partial charge in [0.15, 0.2) is 5.78 Å². The number of halogens is 8. The number of carbonyl (C=O) groups excluding carboxylic acids is 1. The molecule has 4 heterocycles. The Balaban J connectivity index is 1.06. The summed E-state index contributed by atoms with van der Waals surface area (Å²) in [5.74, 6) is -0.118. The maximum absolute atomic E-state index is 15.5. The van der Waals surface area contributed by atoms with E-state index in [-0.39, 0.29) is 51.6 Å². The van der Waals surface area contributed by atoms with Crippen LogP contribution in [0.4, 0.5) is 26.3 Å². The first-order valence-corrected chi connectivity index (χ1v) is 24.3. The number of nitrogens with zero attached hydrogens (tertiary/aromatic N) is 4. The van der Waals surface area contributed by atoms with Crippen molar-refractivity contribution in [3.8, 4) is 0 Å². The third kappa shape index (κ3) is 12.1. The van der Waals surface area contributed by atoms with Crippen LogP contribution in [0.3, 0.4) is 0 Å². The zero-order valence-corrected chi connectivity index (χ0v) is 38.8. The lowest BCUT2D eigenvalue weighted by Crippen LogP contribution is -2.55. The van der Waals surface area contributed by atoms with Crippen molar-refractivity contribution in [2.45, 2.75) is 74.8 Å². The molecule has 2 aliphatic heterocycles. The Bertz CT molecular complexity index is 2450. The van der Waals surface area contributed by atoms with E-state index in [0.29, 0.717) is 51.9 Å². The number of Topliss-reactive ketones (excluding diaryl/α,β-unsaturated/α-hetero) is 1. The maximum Gasteiger partial charge on any atom is 0.416 e. The Hall–Kier alpha value is -4.63. The molecule has 0 spiro atoms. The first kappa shape index (κ1) is 47.8. The molecule has 66 heavy (non-hydrogen) atoms. The van der Waals surface area contributed by atoms with Crippen LogP contribution in [0.25, 0.3) is 24.3 Å². The van der Waals surface area contributed by atoms with Crippen molar-refractivity contribution in [3.05, 3.63) is 173 Å². The van der Waals surface area contributed by atoms with Crippen LogP contribution in [0.5, 0.6) is 0 Å². The predicted molar refractivity (Wildman–Crippen MR) is 255 cm³/mol. The number of benzene rings is 4. The lowest BCUT2D eigenvalue weighted by Gasteiger charge is -2.42. The van der Waals surface area contributed by atoms with Gasteiger partial charge in [0.25, 0.3) is 0 Å². The van der Waals surface area contributed by atoms with Gasteiger partial charge in [-0.15, -0.1) is 22.7 Å². The van der Waals surface area contributed by atoms with E-state index in [1.54, 1.807) is 22.7 Å². The highest BCUT2D eigenvalue weighted by Gasteiger charge is 2.40. The highest BCUT2D eigenvalue weighted by atomic mass is 35.5. The van der Waals surface area contributed by atoms with Crippen LogP contribution in [0.15, 0.2) is 108 Å². The Labute approximate surface area is 398 Å². The highest BCUT2D eigenvalue weighted by Crippen LogP contribution is 2.38. The summed E-state index contributed by atoms with van der Waals surface area (Å²) in [6, 6.07) is 24.1. The van der Waals surface area contributed by atoms with Crippen molar-refractivity contribution in [1.82, 2.24) is 19.8 Å². The summed E-state index contributed by atoms with van der Waals surface area (Å²) in [7, 11) is 0. The number of rotatable bonds is 14. The van der Waals surface area contributed by atoms with Crippen LogP contribution in [0.1, 0.15) is 92.3 Å². The molecule has 2 aromatic heterocycles. The number of piperidine rings is 2. The molecule has 0 bridgehead atoms. The normalized spacial score (nSPS) is 17.2. The number of carbonyl (C=O) groups is 1. The van der Waals surface area contributed by atoms with Gasteiger partial charge in [-0.25, -0.2) is 9.97 Å². The van der Waals surface area contributed by atoms with Gasteiger partial charge in [0.2, 0.25) is 0 Å². The van der Waals surface area contributed by atoms with Gasteiger partial charge in [-0.05, 0) is 136 Å². The molecule has 0 radical (unpaired) electrons. The van der Waals surface area contributed by atoms with Gasteiger partial charge in [0.1, 0.15) is 0 Å². The van der Waals surface area contributed by atoms with E-state index < -0.39 is 35.6 Å². The molecule has 4 aromatic carbocycles. The second kappa shape index (κ2) is 21.1. The zero-order valence-electron chi connectivity index (χ0n) is 35.6. The second-order valence-corrected chi connectivity index (χ2v) is 19.4. The fourth-order valence-electron chi connectivity index (χ4n) is 8.81. The van der Waals surface area contributed by atoms with Gasteiger partial charge in [0, 0.05) is 32.6 Å². The lowest BCUT2D eigenvalue weighted by atomic mass is 9.87. The molecule has 0 aliphatic carbocycles. The zero-order chi connectivity index (χ0) is 46.4. The fourth-order valence-corrected chi connectivity index (χ4v) is 11.1. The Morgan fingerprint density at radius 1 is 0.591 bits per heavy atom. The van der Waals surface area contributed by atoms with Gasteiger partial charge >= 0.3 is 12.4 Å². The number of hydrogen-bond donors (Lipinski definition) is 0. The molecule has 0 saturated carbocycles. The Morgan fingerprint density at radius 2 is 0.970 bits per heavy atom. The minimum Gasteiger partial charge on any atom is -0.296 e. The number of likely N-dealkylation sites (tertiary alicyclic amines) is 2. The van der Waals surface area contributed by atoms with Crippen molar-refractivity contribution in [3.63, 3.8) is 0 Å². The molecule has 6 aromatic rings. The van der Waals surface area contributed by atoms with Crippen LogP contribution in [-0.2, 0) is 30.0 Å². The molecule has 2 saturated heterocycles. The predicted octanol–water partition coefficient (Wildman–Crippen LogP) is 14.1. The molecule has 2 aliphatic rings. The average Bonchev–Trinajstić information content (AvgIpc) is 4.00. The Kier molecular flexibility index (Phi) is 15.3. The molecular formula is C51H46Cl2F6N4OS2. The molecule has 2 unspecified atom stereocenters. The van der Waals surface area contributed by atoms with Crippen molar-refractivity contribution < 1.29 is 31.1 Å². The fraction of sp³-hybridized carbons (Fsp3) is 0.314. The summed E-state index contributed by atoms with van der Waals surface area (Å²) in [4.78, 5) is 29.3. The largest absolute Gasteiger partial charge is 0.416 e. The minimum atomic E-state index is -4.65. The van der Waals surface area contributed by atoms with E-state index in [0.717, 1.165) is 56.8 Å². The first-order valence-electron chi connectivity index (χ1n) is 21.8.